The number of hydrogen-bond acceptors (Lipinski definition) is 3. The van der Waals surface area contributed by atoms with Gasteiger partial charge in [-0.3, -0.25) is 9.59 Å². The fraction of sp³-hybridized carbons (Fsp3) is 0.417. The van der Waals surface area contributed by atoms with E-state index in [2.05, 4.69) is 46.4 Å². The molecule has 1 N–H and O–H groups in total. The number of rotatable bonds is 11. The van der Waals surface area contributed by atoms with Crippen molar-refractivity contribution >= 4 is 39.5 Å². The molecule has 162 valence electrons. The first kappa shape index (κ1) is 24.5. The molecule has 2 aromatic carbocycles. The largest absolute Gasteiger partial charge is 0.354 e. The van der Waals surface area contributed by atoms with Crippen LogP contribution in [0.1, 0.15) is 43.4 Å². The molecule has 6 heteroatoms. The van der Waals surface area contributed by atoms with Crippen LogP contribution in [0.4, 0.5) is 0 Å². The average Bonchev–Trinajstić information content (AvgIpc) is 2.73. The lowest BCUT2D eigenvalue weighted by molar-refractivity contribution is -0.138. The molecule has 0 spiro atoms. The van der Waals surface area contributed by atoms with E-state index in [1.54, 1.807) is 16.7 Å². The number of aryl methyl sites for hydroxylation is 1. The second-order valence-electron chi connectivity index (χ2n) is 7.45. The number of nitrogens with one attached hydrogen (secondary N) is 1. The molecule has 0 heterocycles. The van der Waals surface area contributed by atoms with E-state index < -0.39 is 6.04 Å². The lowest BCUT2D eigenvalue weighted by Crippen LogP contribution is -2.48. The van der Waals surface area contributed by atoms with Gasteiger partial charge in [0.2, 0.25) is 11.8 Å². The van der Waals surface area contributed by atoms with Crippen molar-refractivity contribution in [2.75, 3.05) is 12.3 Å². The molecule has 0 fully saturated rings. The predicted molar refractivity (Wildman–Crippen MR) is 129 cm³/mol. The summed E-state index contributed by atoms with van der Waals surface area (Å²) >= 11 is 5.01. The topological polar surface area (TPSA) is 49.4 Å². The molecule has 1 unspecified atom stereocenters. The highest BCUT2D eigenvalue weighted by atomic mass is 79.9. The Morgan fingerprint density at radius 2 is 1.87 bits per heavy atom. The van der Waals surface area contributed by atoms with Crippen molar-refractivity contribution in [2.24, 2.45) is 0 Å². The summed E-state index contributed by atoms with van der Waals surface area (Å²) in [5.41, 5.74) is 3.35. The van der Waals surface area contributed by atoms with Crippen molar-refractivity contribution in [3.63, 3.8) is 0 Å². The van der Waals surface area contributed by atoms with Crippen LogP contribution in [0.3, 0.4) is 0 Å². The number of hydrogen-bond donors (Lipinski definition) is 1. The standard InChI is InChI=1S/C24H31BrN2O2S/c1-4-5-13-26-24(29)19(3)27(15-21-8-6-7-18(2)14-21)23(28)17-30-16-20-9-11-22(25)12-10-20/h6-12,14,19H,4-5,13,15-17H2,1-3H3,(H,26,29). The summed E-state index contributed by atoms with van der Waals surface area (Å²) in [5, 5.41) is 2.96. The first-order valence-electron chi connectivity index (χ1n) is 10.4. The van der Waals surface area contributed by atoms with Crippen LogP contribution >= 0.6 is 27.7 Å². The van der Waals surface area contributed by atoms with Gasteiger partial charge in [0.05, 0.1) is 5.75 Å². The molecule has 0 saturated carbocycles. The Bertz CT molecular complexity index is 826. The van der Waals surface area contributed by atoms with Crippen molar-refractivity contribution in [1.82, 2.24) is 10.2 Å². The molecule has 1 atom stereocenters. The Kier molecular flexibility index (Phi) is 10.4. The van der Waals surface area contributed by atoms with E-state index in [-0.39, 0.29) is 11.8 Å². The van der Waals surface area contributed by atoms with Crippen LogP contribution in [0.15, 0.2) is 53.0 Å². The van der Waals surface area contributed by atoms with Crippen LogP contribution in [0, 0.1) is 6.92 Å². The van der Waals surface area contributed by atoms with Crippen LogP contribution in [-0.2, 0) is 21.9 Å². The molecule has 0 saturated heterocycles. The highest BCUT2D eigenvalue weighted by Gasteiger charge is 2.25. The van der Waals surface area contributed by atoms with Crippen LogP contribution in [-0.4, -0.2) is 35.1 Å². The van der Waals surface area contributed by atoms with Crippen molar-refractivity contribution in [2.45, 2.75) is 52.0 Å². The molecule has 0 aromatic heterocycles. The minimum Gasteiger partial charge on any atom is -0.354 e. The zero-order valence-electron chi connectivity index (χ0n) is 18.0. The lowest BCUT2D eigenvalue weighted by Gasteiger charge is -2.29. The summed E-state index contributed by atoms with van der Waals surface area (Å²) in [6.45, 7) is 7.01. The zero-order valence-corrected chi connectivity index (χ0v) is 20.4. The molecule has 0 radical (unpaired) electrons. The summed E-state index contributed by atoms with van der Waals surface area (Å²) in [4.78, 5) is 27.4. The quantitative estimate of drug-likeness (QED) is 0.433. The fourth-order valence-corrected chi connectivity index (χ4v) is 4.18. The average molecular weight is 491 g/mol. The van der Waals surface area contributed by atoms with Crippen molar-refractivity contribution < 1.29 is 9.59 Å². The van der Waals surface area contributed by atoms with Gasteiger partial charge in [-0.05, 0) is 43.5 Å². The second kappa shape index (κ2) is 12.8. The van der Waals surface area contributed by atoms with Gasteiger partial charge in [0.1, 0.15) is 6.04 Å². The van der Waals surface area contributed by atoms with Crippen molar-refractivity contribution in [3.05, 3.63) is 69.7 Å². The normalized spacial score (nSPS) is 11.7. The van der Waals surface area contributed by atoms with Gasteiger partial charge in [0, 0.05) is 23.3 Å². The zero-order chi connectivity index (χ0) is 21.9. The molecule has 2 rings (SSSR count). The molecule has 30 heavy (non-hydrogen) atoms. The third-order valence-electron chi connectivity index (χ3n) is 4.84. The van der Waals surface area contributed by atoms with Crippen LogP contribution in [0.2, 0.25) is 0 Å². The number of nitrogens with zero attached hydrogens (tertiary/aromatic N) is 1. The van der Waals surface area contributed by atoms with Gasteiger partial charge in [-0.15, -0.1) is 11.8 Å². The molecule has 0 aliphatic rings. The number of thioether (sulfide) groups is 1. The van der Waals surface area contributed by atoms with E-state index in [4.69, 9.17) is 0 Å². The van der Waals surface area contributed by atoms with Gasteiger partial charge in [-0.2, -0.15) is 0 Å². The summed E-state index contributed by atoms with van der Waals surface area (Å²) in [7, 11) is 0. The van der Waals surface area contributed by atoms with Crippen molar-refractivity contribution in [1.29, 1.82) is 0 Å². The maximum Gasteiger partial charge on any atom is 0.242 e. The van der Waals surface area contributed by atoms with Gasteiger partial charge in [-0.25, -0.2) is 0 Å². The van der Waals surface area contributed by atoms with Crippen LogP contribution in [0.5, 0.6) is 0 Å². The Labute approximate surface area is 192 Å². The first-order chi connectivity index (χ1) is 14.4. The molecule has 0 bridgehead atoms. The van der Waals surface area contributed by atoms with E-state index in [1.165, 1.54) is 5.56 Å². The minimum atomic E-state index is -0.511. The van der Waals surface area contributed by atoms with Crippen LogP contribution in [0.25, 0.3) is 0 Å². The lowest BCUT2D eigenvalue weighted by atomic mass is 10.1. The minimum absolute atomic E-state index is 0.0169. The van der Waals surface area contributed by atoms with E-state index in [0.717, 1.165) is 34.2 Å². The number of carbonyl (C=O) groups is 2. The van der Waals surface area contributed by atoms with E-state index >= 15 is 0 Å². The molecular formula is C24H31BrN2O2S. The number of amides is 2. The number of halogens is 1. The van der Waals surface area contributed by atoms with E-state index in [9.17, 15) is 9.59 Å². The number of unbranched alkanes of at least 4 members (excludes halogenated alkanes) is 1. The highest BCUT2D eigenvalue weighted by molar-refractivity contribution is 9.10. The summed E-state index contributed by atoms with van der Waals surface area (Å²) in [6.07, 6.45) is 1.96. The first-order valence-corrected chi connectivity index (χ1v) is 12.3. The van der Waals surface area contributed by atoms with Gasteiger partial charge in [0.15, 0.2) is 0 Å². The summed E-state index contributed by atoms with van der Waals surface area (Å²) < 4.78 is 1.04. The molecule has 0 aliphatic carbocycles. The maximum atomic E-state index is 13.1. The molecule has 2 amide bonds. The SMILES string of the molecule is CCCCNC(=O)C(C)N(Cc1cccc(C)c1)C(=O)CSCc1ccc(Br)cc1. The summed E-state index contributed by atoms with van der Waals surface area (Å²) in [5.74, 6) is 0.988. The highest BCUT2D eigenvalue weighted by Crippen LogP contribution is 2.18. The van der Waals surface area contributed by atoms with E-state index in [0.29, 0.717) is 18.8 Å². The molecular weight excluding hydrogens is 460 g/mol. The third kappa shape index (κ3) is 8.15. The summed E-state index contributed by atoms with van der Waals surface area (Å²) in [6, 6.07) is 15.7. The molecule has 0 aliphatic heterocycles. The van der Waals surface area contributed by atoms with E-state index in [1.807, 2.05) is 44.2 Å². The predicted octanol–water partition coefficient (Wildman–Crippen LogP) is 5.32. The third-order valence-corrected chi connectivity index (χ3v) is 6.36. The van der Waals surface area contributed by atoms with Crippen LogP contribution < -0.4 is 5.32 Å². The second-order valence-corrected chi connectivity index (χ2v) is 9.35. The van der Waals surface area contributed by atoms with Gasteiger partial charge < -0.3 is 10.2 Å². The maximum absolute atomic E-state index is 13.1. The number of benzene rings is 2. The van der Waals surface area contributed by atoms with Gasteiger partial charge in [0.25, 0.3) is 0 Å². The smallest absolute Gasteiger partial charge is 0.242 e. The molecule has 2 aromatic rings. The Balaban J connectivity index is 2.03. The van der Waals surface area contributed by atoms with Crippen molar-refractivity contribution in [3.8, 4) is 0 Å². The van der Waals surface area contributed by atoms with Gasteiger partial charge in [-0.1, -0.05) is 71.2 Å². The Hall–Kier alpha value is -1.79. The monoisotopic (exact) mass is 490 g/mol. The Morgan fingerprint density at radius 3 is 2.53 bits per heavy atom. The Morgan fingerprint density at radius 1 is 1.13 bits per heavy atom. The molecule has 4 nitrogen and oxygen atoms in total. The fourth-order valence-electron chi connectivity index (χ4n) is 3.05. The number of carbonyl (C=O) groups excluding carboxylic acids is 2. The van der Waals surface area contributed by atoms with Gasteiger partial charge >= 0.3 is 0 Å².